The minimum atomic E-state index is -0.444. The Balaban J connectivity index is 2.33. The molecule has 0 aliphatic carbocycles. The fourth-order valence-electron chi connectivity index (χ4n) is 1.73. The van der Waals surface area contributed by atoms with Gasteiger partial charge in [0.05, 0.1) is 13.2 Å². The molecule has 0 aromatic heterocycles. The Morgan fingerprint density at radius 3 is 2.22 bits per heavy atom. The largest absolute Gasteiger partial charge is 0.494 e. The molecule has 0 amide bonds. The van der Waals surface area contributed by atoms with E-state index in [-0.39, 0.29) is 11.6 Å². The first-order chi connectivity index (χ1) is 8.61. The van der Waals surface area contributed by atoms with E-state index in [0.29, 0.717) is 5.56 Å². The van der Waals surface area contributed by atoms with Gasteiger partial charge < -0.3 is 10.5 Å². The van der Waals surface area contributed by atoms with Gasteiger partial charge in [-0.1, -0.05) is 18.2 Å². The molecule has 0 aliphatic rings. The van der Waals surface area contributed by atoms with Crippen molar-refractivity contribution < 1.29 is 13.5 Å². The van der Waals surface area contributed by atoms with Crippen LogP contribution < -0.4 is 10.5 Å². The van der Waals surface area contributed by atoms with Crippen molar-refractivity contribution in [3.05, 3.63) is 65.2 Å². The van der Waals surface area contributed by atoms with Crippen molar-refractivity contribution in [2.24, 2.45) is 5.73 Å². The number of nitrogens with two attached hydrogens (primary N) is 1. The number of halogens is 2. The summed E-state index contributed by atoms with van der Waals surface area (Å²) in [5, 5.41) is 0. The summed E-state index contributed by atoms with van der Waals surface area (Å²) in [5.41, 5.74) is 7.50. The minimum Gasteiger partial charge on any atom is -0.494 e. The minimum absolute atomic E-state index is 0.144. The molecule has 18 heavy (non-hydrogen) atoms. The lowest BCUT2D eigenvalue weighted by Crippen LogP contribution is -2.12. The molecule has 4 heteroatoms. The third kappa shape index (κ3) is 2.49. The summed E-state index contributed by atoms with van der Waals surface area (Å²) < 4.78 is 31.0. The van der Waals surface area contributed by atoms with E-state index >= 15 is 0 Å². The van der Waals surface area contributed by atoms with Gasteiger partial charge in [-0.3, -0.25) is 0 Å². The Hall–Kier alpha value is -1.94. The summed E-state index contributed by atoms with van der Waals surface area (Å²) in [4.78, 5) is 0. The molecule has 1 atom stereocenters. The Morgan fingerprint density at radius 2 is 1.61 bits per heavy atom. The van der Waals surface area contributed by atoms with Gasteiger partial charge in [0.25, 0.3) is 0 Å². The van der Waals surface area contributed by atoms with Gasteiger partial charge in [0.1, 0.15) is 5.82 Å². The van der Waals surface area contributed by atoms with Crippen molar-refractivity contribution >= 4 is 0 Å². The molecule has 0 saturated carbocycles. The van der Waals surface area contributed by atoms with Crippen LogP contribution in [-0.2, 0) is 0 Å². The molecule has 0 heterocycles. The number of hydrogen-bond donors (Lipinski definition) is 1. The number of benzene rings is 2. The Labute approximate surface area is 104 Å². The van der Waals surface area contributed by atoms with Crippen LogP contribution in [0.1, 0.15) is 17.2 Å². The summed E-state index contributed by atoms with van der Waals surface area (Å²) in [6.45, 7) is 0. The third-order valence-corrected chi connectivity index (χ3v) is 2.76. The van der Waals surface area contributed by atoms with Crippen LogP contribution in [0.2, 0.25) is 0 Å². The van der Waals surface area contributed by atoms with Crippen LogP contribution in [0.3, 0.4) is 0 Å². The Morgan fingerprint density at radius 1 is 1.00 bits per heavy atom. The first-order valence-electron chi connectivity index (χ1n) is 5.46. The van der Waals surface area contributed by atoms with Crippen molar-refractivity contribution in [1.82, 2.24) is 0 Å². The topological polar surface area (TPSA) is 35.2 Å². The summed E-state index contributed by atoms with van der Waals surface area (Å²) >= 11 is 0. The van der Waals surface area contributed by atoms with Gasteiger partial charge in [-0.25, -0.2) is 8.78 Å². The maximum Gasteiger partial charge on any atom is 0.165 e. The van der Waals surface area contributed by atoms with Crippen molar-refractivity contribution in [2.75, 3.05) is 7.11 Å². The van der Waals surface area contributed by atoms with Gasteiger partial charge in [-0.05, 0) is 35.4 Å². The molecule has 0 saturated heterocycles. The highest BCUT2D eigenvalue weighted by atomic mass is 19.1. The quantitative estimate of drug-likeness (QED) is 0.907. The van der Waals surface area contributed by atoms with Crippen LogP contribution in [-0.4, -0.2) is 7.11 Å². The lowest BCUT2D eigenvalue weighted by Gasteiger charge is -2.14. The predicted octanol–water partition coefficient (Wildman–Crippen LogP) is 3.02. The maximum absolute atomic E-state index is 13.3. The van der Waals surface area contributed by atoms with Crippen LogP contribution in [0.5, 0.6) is 5.75 Å². The maximum atomic E-state index is 13.3. The molecule has 2 nitrogen and oxygen atoms in total. The average Bonchev–Trinajstić information content (AvgIpc) is 2.39. The molecule has 0 aliphatic heterocycles. The van der Waals surface area contributed by atoms with Crippen LogP contribution in [0, 0.1) is 11.6 Å². The monoisotopic (exact) mass is 249 g/mol. The highest BCUT2D eigenvalue weighted by Crippen LogP contribution is 2.25. The zero-order valence-electron chi connectivity index (χ0n) is 9.86. The van der Waals surface area contributed by atoms with E-state index in [1.807, 2.05) is 0 Å². The van der Waals surface area contributed by atoms with Crippen molar-refractivity contribution in [1.29, 1.82) is 0 Å². The van der Waals surface area contributed by atoms with E-state index in [0.717, 1.165) is 5.56 Å². The van der Waals surface area contributed by atoms with Gasteiger partial charge >= 0.3 is 0 Å². The molecule has 2 aromatic rings. The zero-order valence-corrected chi connectivity index (χ0v) is 9.86. The summed E-state index contributed by atoms with van der Waals surface area (Å²) in [5.74, 6) is -0.611. The van der Waals surface area contributed by atoms with Gasteiger partial charge in [0, 0.05) is 0 Å². The average molecular weight is 249 g/mol. The zero-order chi connectivity index (χ0) is 13.1. The van der Waals surface area contributed by atoms with Crippen LogP contribution in [0.25, 0.3) is 0 Å². The number of rotatable bonds is 3. The molecule has 0 spiro atoms. The fraction of sp³-hybridized carbons (Fsp3) is 0.143. The number of ether oxygens (including phenoxy) is 1. The summed E-state index contributed by atoms with van der Waals surface area (Å²) in [6.07, 6.45) is 0. The molecule has 1 unspecified atom stereocenters. The van der Waals surface area contributed by atoms with E-state index in [4.69, 9.17) is 10.5 Å². The van der Waals surface area contributed by atoms with Crippen LogP contribution in [0.4, 0.5) is 8.78 Å². The second-order valence-corrected chi connectivity index (χ2v) is 3.92. The van der Waals surface area contributed by atoms with Crippen molar-refractivity contribution in [3.63, 3.8) is 0 Å². The second kappa shape index (κ2) is 5.14. The second-order valence-electron chi connectivity index (χ2n) is 3.92. The van der Waals surface area contributed by atoms with Gasteiger partial charge in [-0.2, -0.15) is 0 Å². The molecular weight excluding hydrogens is 236 g/mol. The van der Waals surface area contributed by atoms with E-state index < -0.39 is 11.9 Å². The first kappa shape index (κ1) is 12.5. The van der Waals surface area contributed by atoms with Crippen LogP contribution in [0.15, 0.2) is 42.5 Å². The van der Waals surface area contributed by atoms with E-state index in [1.165, 1.54) is 25.3 Å². The standard InChI is InChI=1S/C14H13F2NO/c1-18-13-8-10(4-7-12(13)16)14(17)9-2-5-11(15)6-3-9/h2-8,14H,17H2,1H3. The molecule has 94 valence electrons. The molecule has 2 N–H and O–H groups in total. The van der Waals surface area contributed by atoms with Crippen molar-refractivity contribution in [2.45, 2.75) is 6.04 Å². The lowest BCUT2D eigenvalue weighted by atomic mass is 9.99. The molecular formula is C14H13F2NO. The van der Waals surface area contributed by atoms with E-state index in [1.54, 1.807) is 24.3 Å². The highest BCUT2D eigenvalue weighted by molar-refractivity contribution is 5.37. The lowest BCUT2D eigenvalue weighted by molar-refractivity contribution is 0.385. The summed E-state index contributed by atoms with van der Waals surface area (Å²) in [6, 6.07) is 9.89. The molecule has 2 aromatic carbocycles. The number of hydrogen-bond acceptors (Lipinski definition) is 2. The van der Waals surface area contributed by atoms with Gasteiger partial charge in [0.2, 0.25) is 0 Å². The Kier molecular flexibility index (Phi) is 3.58. The fourth-order valence-corrected chi connectivity index (χ4v) is 1.73. The van der Waals surface area contributed by atoms with E-state index in [2.05, 4.69) is 0 Å². The number of methoxy groups -OCH3 is 1. The van der Waals surface area contributed by atoms with Gasteiger partial charge in [0.15, 0.2) is 11.6 Å². The Bertz CT molecular complexity index is 540. The van der Waals surface area contributed by atoms with Crippen LogP contribution >= 0.6 is 0 Å². The molecule has 0 radical (unpaired) electrons. The summed E-state index contributed by atoms with van der Waals surface area (Å²) in [7, 11) is 1.39. The molecule has 0 fully saturated rings. The molecule has 2 rings (SSSR count). The van der Waals surface area contributed by atoms with Crippen molar-refractivity contribution in [3.8, 4) is 5.75 Å². The SMILES string of the molecule is COc1cc(C(N)c2ccc(F)cc2)ccc1F. The highest BCUT2D eigenvalue weighted by Gasteiger charge is 2.12. The normalized spacial score (nSPS) is 12.2. The smallest absolute Gasteiger partial charge is 0.165 e. The van der Waals surface area contributed by atoms with E-state index in [9.17, 15) is 8.78 Å². The third-order valence-electron chi connectivity index (χ3n) is 2.76. The predicted molar refractivity (Wildman–Crippen MR) is 65.4 cm³/mol. The molecule has 0 bridgehead atoms. The first-order valence-corrected chi connectivity index (χ1v) is 5.46. The van der Waals surface area contributed by atoms with Gasteiger partial charge in [-0.15, -0.1) is 0 Å².